The molecule has 5 nitrogen and oxygen atoms in total. The fourth-order valence-electron chi connectivity index (χ4n) is 10.8. The van der Waals surface area contributed by atoms with Crippen molar-refractivity contribution in [1.29, 1.82) is 0 Å². The third-order valence-electron chi connectivity index (χ3n) is 13.4. The smallest absolute Gasteiger partial charge is 0.311 e. The molecule has 0 aromatic heterocycles. The lowest BCUT2D eigenvalue weighted by molar-refractivity contribution is -0.176. The minimum absolute atomic E-state index is 0.00396. The van der Waals surface area contributed by atoms with Crippen LogP contribution in [0.3, 0.4) is 0 Å². The van der Waals surface area contributed by atoms with Gasteiger partial charge >= 0.3 is 5.97 Å². The summed E-state index contributed by atoms with van der Waals surface area (Å²) in [6.07, 6.45) is 11.1. The topological polar surface area (TPSA) is 65.0 Å². The van der Waals surface area contributed by atoms with Crippen molar-refractivity contribution in [2.24, 2.45) is 55.4 Å². The number of esters is 1. The maximum atomic E-state index is 14.5. The Balaban J connectivity index is 1.56. The summed E-state index contributed by atoms with van der Waals surface area (Å²) >= 11 is 0. The summed E-state index contributed by atoms with van der Waals surface area (Å²) in [5.41, 5.74) is 1.83. The fraction of sp³-hybridized carbons (Fsp3) is 0.853. The molecule has 218 valence electrons. The monoisotopic (exact) mass is 539 g/mol. The highest BCUT2D eigenvalue weighted by molar-refractivity contribution is 5.97. The van der Waals surface area contributed by atoms with Gasteiger partial charge in [0.25, 0.3) is 0 Å². The molecule has 0 spiro atoms. The normalized spacial score (nSPS) is 47.9. The highest BCUT2D eigenvalue weighted by atomic mass is 16.6. The Morgan fingerprint density at radius 3 is 2.28 bits per heavy atom. The van der Waals surface area contributed by atoms with Crippen LogP contribution in [0.5, 0.6) is 0 Å². The van der Waals surface area contributed by atoms with Crippen molar-refractivity contribution < 1.29 is 19.2 Å². The van der Waals surface area contributed by atoms with Crippen LogP contribution in [0.4, 0.5) is 0 Å². The first-order valence-electron chi connectivity index (χ1n) is 15.6. The molecule has 0 aliphatic heterocycles. The third-order valence-corrected chi connectivity index (χ3v) is 13.4. The SMILES string of the molecule is COC(=O)[C@@]1(C)CC[C@]2(C)CC[C@]3(C)C(=CC(=O)[C@@H]4[C@@]5(C)CC/C(=N\OC(C)C)C(C)(C)[C@@H]5CC[C@]43C)[C@@H]2C1. The van der Waals surface area contributed by atoms with Gasteiger partial charge in [-0.25, -0.2) is 0 Å². The number of oxime groups is 1. The van der Waals surface area contributed by atoms with Gasteiger partial charge in [0.2, 0.25) is 0 Å². The molecule has 8 atom stereocenters. The Bertz CT molecular complexity index is 1120. The van der Waals surface area contributed by atoms with Crippen LogP contribution in [0.15, 0.2) is 16.8 Å². The van der Waals surface area contributed by atoms with Crippen LogP contribution in [-0.2, 0) is 19.2 Å². The molecular formula is C34H53NO4. The highest BCUT2D eigenvalue weighted by Crippen LogP contribution is 2.75. The molecule has 4 saturated carbocycles. The summed E-state index contributed by atoms with van der Waals surface area (Å²) < 4.78 is 5.28. The molecular weight excluding hydrogens is 486 g/mol. The molecule has 0 amide bonds. The van der Waals surface area contributed by atoms with E-state index in [4.69, 9.17) is 9.57 Å². The average Bonchev–Trinajstić information content (AvgIpc) is 2.84. The fourth-order valence-corrected chi connectivity index (χ4v) is 10.8. The second kappa shape index (κ2) is 8.92. The number of carbonyl (C=O) groups is 2. The van der Waals surface area contributed by atoms with Gasteiger partial charge in [0.15, 0.2) is 5.78 Å². The first kappa shape index (κ1) is 28.9. The summed E-state index contributed by atoms with van der Waals surface area (Å²) in [6.45, 7) is 20.6. The van der Waals surface area contributed by atoms with Crippen molar-refractivity contribution in [2.75, 3.05) is 7.11 Å². The number of ether oxygens (including phenoxy) is 1. The first-order valence-corrected chi connectivity index (χ1v) is 15.6. The van der Waals surface area contributed by atoms with Crippen molar-refractivity contribution in [1.82, 2.24) is 0 Å². The molecule has 0 radical (unpaired) electrons. The van der Waals surface area contributed by atoms with E-state index in [1.165, 1.54) is 12.7 Å². The number of methoxy groups -OCH3 is 1. The highest BCUT2D eigenvalue weighted by Gasteiger charge is 2.70. The molecule has 0 N–H and O–H groups in total. The van der Waals surface area contributed by atoms with Crippen LogP contribution in [-0.4, -0.2) is 30.7 Å². The van der Waals surface area contributed by atoms with Gasteiger partial charge in [-0.2, -0.15) is 0 Å². The Kier molecular flexibility index (Phi) is 6.60. The number of nitrogens with zero attached hydrogens (tertiary/aromatic N) is 1. The summed E-state index contributed by atoms with van der Waals surface area (Å²) in [7, 11) is 1.51. The van der Waals surface area contributed by atoms with Gasteiger partial charge in [0.1, 0.15) is 6.10 Å². The average molecular weight is 540 g/mol. The number of fused-ring (bicyclic) bond motifs is 7. The second-order valence-corrected chi connectivity index (χ2v) is 16.2. The van der Waals surface area contributed by atoms with Crippen molar-refractivity contribution in [3.8, 4) is 0 Å². The molecule has 0 heterocycles. The molecule has 5 aliphatic rings. The van der Waals surface area contributed by atoms with Gasteiger partial charge in [-0.3, -0.25) is 9.59 Å². The largest absolute Gasteiger partial charge is 0.469 e. The van der Waals surface area contributed by atoms with Crippen LogP contribution in [0, 0.1) is 50.2 Å². The molecule has 0 bridgehead atoms. The maximum absolute atomic E-state index is 14.5. The molecule has 0 aromatic carbocycles. The quantitative estimate of drug-likeness (QED) is 0.270. The minimum Gasteiger partial charge on any atom is -0.469 e. The van der Waals surface area contributed by atoms with Gasteiger partial charge in [-0.1, -0.05) is 52.3 Å². The van der Waals surface area contributed by atoms with Gasteiger partial charge in [0.05, 0.1) is 18.2 Å². The second-order valence-electron chi connectivity index (χ2n) is 16.2. The summed E-state index contributed by atoms with van der Waals surface area (Å²) in [4.78, 5) is 33.2. The number of hydrogen-bond acceptors (Lipinski definition) is 5. The molecule has 5 heteroatoms. The van der Waals surface area contributed by atoms with Crippen LogP contribution in [0.25, 0.3) is 0 Å². The van der Waals surface area contributed by atoms with Crippen LogP contribution in [0.1, 0.15) is 120 Å². The van der Waals surface area contributed by atoms with E-state index in [1.807, 2.05) is 13.8 Å². The van der Waals surface area contributed by atoms with E-state index in [0.29, 0.717) is 11.7 Å². The predicted octanol–water partition coefficient (Wildman–Crippen LogP) is 7.92. The standard InChI is InChI=1S/C34H53NO4/c1-21(2)39-35-26-12-13-32(7)25(29(26,3)4)11-14-34(9)27(32)24(36)19-22-23-20-31(6,28(37)38-10)16-15-30(23,5)17-18-33(22,34)8/h19,21,23,25,27H,11-18,20H2,1-10H3/b35-26+/t23-,25-,27+,30+,31-,32-,33+,34+/m0/s1. The van der Waals surface area contributed by atoms with E-state index in [-0.39, 0.29) is 51.0 Å². The van der Waals surface area contributed by atoms with Crippen LogP contribution >= 0.6 is 0 Å². The number of allylic oxidation sites excluding steroid dienone is 2. The van der Waals surface area contributed by atoms with Gasteiger partial charge < -0.3 is 9.57 Å². The predicted molar refractivity (Wildman–Crippen MR) is 155 cm³/mol. The number of ketones is 1. The van der Waals surface area contributed by atoms with Gasteiger partial charge in [-0.15, -0.1) is 0 Å². The molecule has 0 aromatic rings. The zero-order valence-electron chi connectivity index (χ0n) is 26.3. The number of carbonyl (C=O) groups excluding carboxylic acids is 2. The van der Waals surface area contributed by atoms with Crippen LogP contribution < -0.4 is 0 Å². The van der Waals surface area contributed by atoms with Gasteiger partial charge in [0, 0.05) is 11.3 Å². The molecule has 5 aliphatic carbocycles. The Morgan fingerprint density at radius 1 is 0.974 bits per heavy atom. The lowest BCUT2D eigenvalue weighted by Crippen LogP contribution is -2.66. The molecule has 5 rings (SSSR count). The Labute approximate surface area is 236 Å². The summed E-state index contributed by atoms with van der Waals surface area (Å²) in [6, 6.07) is 0. The number of rotatable bonds is 3. The Hall–Kier alpha value is -1.65. The van der Waals surface area contributed by atoms with E-state index in [0.717, 1.165) is 63.5 Å². The van der Waals surface area contributed by atoms with E-state index in [2.05, 4.69) is 59.7 Å². The van der Waals surface area contributed by atoms with E-state index < -0.39 is 5.41 Å². The van der Waals surface area contributed by atoms with Crippen LogP contribution in [0.2, 0.25) is 0 Å². The zero-order chi connectivity index (χ0) is 28.8. The van der Waals surface area contributed by atoms with Crippen molar-refractivity contribution in [3.05, 3.63) is 11.6 Å². The van der Waals surface area contributed by atoms with E-state index in [1.54, 1.807) is 0 Å². The van der Waals surface area contributed by atoms with Crippen molar-refractivity contribution >= 4 is 17.5 Å². The number of hydrogen-bond donors (Lipinski definition) is 0. The lowest BCUT2D eigenvalue weighted by atomic mass is 9.33. The molecule has 39 heavy (non-hydrogen) atoms. The summed E-state index contributed by atoms with van der Waals surface area (Å²) in [5, 5.41) is 4.65. The zero-order valence-corrected chi connectivity index (χ0v) is 26.3. The van der Waals surface area contributed by atoms with E-state index >= 15 is 0 Å². The minimum atomic E-state index is -0.482. The molecule has 0 unspecified atom stereocenters. The third kappa shape index (κ3) is 3.86. The van der Waals surface area contributed by atoms with E-state index in [9.17, 15) is 9.59 Å². The first-order chi connectivity index (χ1) is 18.0. The summed E-state index contributed by atoms with van der Waals surface area (Å²) in [5.74, 6) is 0.877. The molecule has 4 fully saturated rings. The van der Waals surface area contributed by atoms with Crippen molar-refractivity contribution in [2.45, 2.75) is 126 Å². The maximum Gasteiger partial charge on any atom is 0.311 e. The molecule has 0 saturated heterocycles. The Morgan fingerprint density at radius 2 is 1.64 bits per heavy atom. The lowest BCUT2D eigenvalue weighted by Gasteiger charge is -2.70. The van der Waals surface area contributed by atoms with Crippen molar-refractivity contribution in [3.63, 3.8) is 0 Å². The van der Waals surface area contributed by atoms with Gasteiger partial charge in [-0.05, 0) is 118 Å².